The summed E-state index contributed by atoms with van der Waals surface area (Å²) in [4.78, 5) is 8.06. The fourth-order valence-electron chi connectivity index (χ4n) is 0.247. The van der Waals surface area contributed by atoms with Crippen molar-refractivity contribution in [3.63, 3.8) is 0 Å². The van der Waals surface area contributed by atoms with Crippen molar-refractivity contribution in [2.45, 2.75) is 0 Å². The van der Waals surface area contributed by atoms with Crippen LogP contribution in [0.25, 0.3) is 0 Å². The zero-order valence-corrected chi connectivity index (χ0v) is 5.71. The van der Waals surface area contributed by atoms with Crippen molar-refractivity contribution in [2.75, 3.05) is 13.2 Å². The molecule has 9 heavy (non-hydrogen) atoms. The zero-order chi connectivity index (χ0) is 7.11. The Morgan fingerprint density at radius 3 is 2.78 bits per heavy atom. The predicted molar refractivity (Wildman–Crippen MR) is 31.9 cm³/mol. The zero-order valence-electron chi connectivity index (χ0n) is 4.82. The predicted octanol–water partition coefficient (Wildman–Crippen LogP) is 0.813. The van der Waals surface area contributed by atoms with E-state index in [1.54, 1.807) is 0 Å². The summed E-state index contributed by atoms with van der Waals surface area (Å²) in [5.74, 6) is 0. The van der Waals surface area contributed by atoms with Gasteiger partial charge in [0.05, 0.1) is 6.26 Å². The number of hydrogen-bond donors (Lipinski definition) is 1. The van der Waals surface area contributed by atoms with Crippen LogP contribution >= 0.6 is 8.25 Å². The first kappa shape index (κ1) is 8.56. The SMILES string of the molecule is C=COCCO[P+](=O)O. The van der Waals surface area contributed by atoms with Crippen molar-refractivity contribution in [2.24, 2.45) is 0 Å². The lowest BCUT2D eigenvalue weighted by Crippen LogP contribution is -1.94. The molecule has 0 heterocycles. The molecule has 1 N–H and O–H groups in total. The Kier molecular flexibility index (Phi) is 5.41. The van der Waals surface area contributed by atoms with E-state index in [-0.39, 0.29) is 13.2 Å². The van der Waals surface area contributed by atoms with E-state index in [2.05, 4.69) is 15.8 Å². The Morgan fingerprint density at radius 1 is 1.67 bits per heavy atom. The van der Waals surface area contributed by atoms with Gasteiger partial charge in [-0.3, -0.25) is 0 Å². The Labute approximate surface area is 54.0 Å². The molecule has 0 aliphatic rings. The fraction of sp³-hybridized carbons (Fsp3) is 0.500. The number of hydrogen-bond acceptors (Lipinski definition) is 3. The molecule has 0 saturated heterocycles. The molecule has 0 aromatic heterocycles. The summed E-state index contributed by atoms with van der Waals surface area (Å²) in [7, 11) is -2.48. The van der Waals surface area contributed by atoms with Gasteiger partial charge in [0.15, 0.2) is 0 Å². The lowest BCUT2D eigenvalue weighted by Gasteiger charge is -1.91. The van der Waals surface area contributed by atoms with E-state index in [9.17, 15) is 4.57 Å². The summed E-state index contributed by atoms with van der Waals surface area (Å²) in [6.07, 6.45) is 1.24. The van der Waals surface area contributed by atoms with Gasteiger partial charge < -0.3 is 4.74 Å². The molecule has 0 radical (unpaired) electrons. The van der Waals surface area contributed by atoms with Crippen molar-refractivity contribution < 1.29 is 18.7 Å². The second-order valence-electron chi connectivity index (χ2n) is 1.11. The summed E-state index contributed by atoms with van der Waals surface area (Å²) in [5, 5.41) is 0. The van der Waals surface area contributed by atoms with E-state index in [1.807, 2.05) is 0 Å². The molecule has 0 aromatic carbocycles. The van der Waals surface area contributed by atoms with Crippen molar-refractivity contribution in [3.8, 4) is 0 Å². The van der Waals surface area contributed by atoms with Gasteiger partial charge in [-0.25, -0.2) is 0 Å². The molecule has 0 aliphatic heterocycles. The summed E-state index contributed by atoms with van der Waals surface area (Å²) in [6.45, 7) is 3.63. The molecule has 4 nitrogen and oxygen atoms in total. The summed E-state index contributed by atoms with van der Waals surface area (Å²) < 4.78 is 18.6. The van der Waals surface area contributed by atoms with Crippen molar-refractivity contribution in [3.05, 3.63) is 12.8 Å². The smallest absolute Gasteiger partial charge is 0.499 e. The van der Waals surface area contributed by atoms with Crippen LogP contribution in [-0.2, 0) is 13.8 Å². The van der Waals surface area contributed by atoms with Gasteiger partial charge in [0.2, 0.25) is 0 Å². The normalized spacial score (nSPS) is 10.6. The third-order valence-corrected chi connectivity index (χ3v) is 0.924. The lowest BCUT2D eigenvalue weighted by atomic mass is 10.8. The van der Waals surface area contributed by atoms with Crippen LogP contribution in [0, 0.1) is 0 Å². The van der Waals surface area contributed by atoms with Crippen LogP contribution < -0.4 is 0 Å². The average Bonchev–Trinajstić information content (AvgIpc) is 1.80. The van der Waals surface area contributed by atoms with E-state index in [1.165, 1.54) is 6.26 Å². The third kappa shape index (κ3) is 7.56. The molecule has 0 aliphatic carbocycles. The minimum atomic E-state index is -2.48. The summed E-state index contributed by atoms with van der Waals surface area (Å²) >= 11 is 0. The van der Waals surface area contributed by atoms with Gasteiger partial charge in [-0.15, -0.1) is 9.42 Å². The number of rotatable bonds is 5. The molecule has 1 unspecified atom stereocenters. The van der Waals surface area contributed by atoms with Gasteiger partial charge in [0.1, 0.15) is 13.2 Å². The Bertz CT molecular complexity index is 103. The molecule has 1 atom stereocenters. The minimum Gasteiger partial charge on any atom is -0.499 e. The van der Waals surface area contributed by atoms with Gasteiger partial charge in [0, 0.05) is 4.57 Å². The molecular formula is C4H8O4P+. The van der Waals surface area contributed by atoms with Gasteiger partial charge in [0.25, 0.3) is 0 Å². The van der Waals surface area contributed by atoms with Gasteiger partial charge >= 0.3 is 8.25 Å². The number of ether oxygens (including phenoxy) is 1. The molecule has 0 rings (SSSR count). The molecule has 0 fully saturated rings. The lowest BCUT2D eigenvalue weighted by molar-refractivity contribution is 0.174. The largest absolute Gasteiger partial charge is 0.694 e. The van der Waals surface area contributed by atoms with Crippen LogP contribution in [0.15, 0.2) is 12.8 Å². The minimum absolute atomic E-state index is 0.109. The highest BCUT2D eigenvalue weighted by atomic mass is 31.1. The topological polar surface area (TPSA) is 55.8 Å². The van der Waals surface area contributed by atoms with E-state index >= 15 is 0 Å². The van der Waals surface area contributed by atoms with E-state index in [0.717, 1.165) is 0 Å². The molecular weight excluding hydrogens is 143 g/mol. The highest BCUT2D eigenvalue weighted by molar-refractivity contribution is 7.32. The van der Waals surface area contributed by atoms with Gasteiger partial charge in [-0.05, 0) is 0 Å². The van der Waals surface area contributed by atoms with E-state index < -0.39 is 8.25 Å². The molecule has 0 aromatic rings. The molecule has 0 saturated carbocycles. The van der Waals surface area contributed by atoms with Gasteiger partial charge in [-0.1, -0.05) is 6.58 Å². The fourth-order valence-corrected chi connectivity index (χ4v) is 0.478. The second kappa shape index (κ2) is 5.69. The highest BCUT2D eigenvalue weighted by Gasteiger charge is 2.09. The first-order valence-corrected chi connectivity index (χ1v) is 3.42. The maximum absolute atomic E-state index is 9.81. The maximum Gasteiger partial charge on any atom is 0.694 e. The third-order valence-electron chi connectivity index (χ3n) is 0.521. The maximum atomic E-state index is 9.81. The summed E-state index contributed by atoms with van der Waals surface area (Å²) in [6, 6.07) is 0. The van der Waals surface area contributed by atoms with E-state index in [4.69, 9.17) is 4.89 Å². The summed E-state index contributed by atoms with van der Waals surface area (Å²) in [5.41, 5.74) is 0. The molecule has 0 amide bonds. The first-order valence-electron chi connectivity index (χ1n) is 2.29. The average molecular weight is 151 g/mol. The van der Waals surface area contributed by atoms with Gasteiger partial charge in [-0.2, -0.15) is 0 Å². The molecule has 5 heteroatoms. The van der Waals surface area contributed by atoms with Crippen LogP contribution in [0.3, 0.4) is 0 Å². The van der Waals surface area contributed by atoms with E-state index in [0.29, 0.717) is 0 Å². The van der Waals surface area contributed by atoms with Crippen LogP contribution in [0.5, 0.6) is 0 Å². The molecule has 0 spiro atoms. The quantitative estimate of drug-likeness (QED) is 0.359. The van der Waals surface area contributed by atoms with Crippen LogP contribution in [0.2, 0.25) is 0 Å². The molecule has 0 bridgehead atoms. The van der Waals surface area contributed by atoms with Crippen LogP contribution in [0.1, 0.15) is 0 Å². The Hall–Kier alpha value is -0.440. The Morgan fingerprint density at radius 2 is 2.33 bits per heavy atom. The van der Waals surface area contributed by atoms with Crippen LogP contribution in [0.4, 0.5) is 0 Å². The van der Waals surface area contributed by atoms with Crippen molar-refractivity contribution in [1.82, 2.24) is 0 Å². The van der Waals surface area contributed by atoms with Crippen LogP contribution in [-0.4, -0.2) is 18.1 Å². The van der Waals surface area contributed by atoms with Crippen molar-refractivity contribution >= 4 is 8.25 Å². The first-order chi connectivity index (χ1) is 4.27. The molecule has 52 valence electrons. The Balaban J connectivity index is 2.91. The second-order valence-corrected chi connectivity index (χ2v) is 1.84. The highest BCUT2D eigenvalue weighted by Crippen LogP contribution is 2.12. The monoisotopic (exact) mass is 151 g/mol. The van der Waals surface area contributed by atoms with Crippen molar-refractivity contribution in [1.29, 1.82) is 0 Å². The standard InChI is InChI=1S/C4H7O4P/c1-2-7-3-4-8-9(5)6/h2H,1,3-4H2/p+1.